The Bertz CT molecular complexity index is 874. The molecule has 0 saturated heterocycles. The highest BCUT2D eigenvalue weighted by Crippen LogP contribution is 2.33. The molecule has 2 aromatic rings. The summed E-state index contributed by atoms with van der Waals surface area (Å²) in [7, 11) is 1.59. The van der Waals surface area contributed by atoms with Crippen molar-refractivity contribution in [2.24, 2.45) is 0 Å². The van der Waals surface area contributed by atoms with E-state index in [4.69, 9.17) is 4.74 Å². The van der Waals surface area contributed by atoms with Crippen LogP contribution in [0.25, 0.3) is 0 Å². The van der Waals surface area contributed by atoms with Gasteiger partial charge in [0.25, 0.3) is 5.91 Å². The molecule has 0 atom stereocenters. The van der Waals surface area contributed by atoms with Crippen LogP contribution >= 0.6 is 0 Å². The van der Waals surface area contributed by atoms with Gasteiger partial charge in [-0.2, -0.15) is 0 Å². The summed E-state index contributed by atoms with van der Waals surface area (Å²) >= 11 is 0. The largest absolute Gasteiger partial charge is 0.496 e. The summed E-state index contributed by atoms with van der Waals surface area (Å²) in [5.74, 6) is 0.481. The molecule has 1 amide bonds. The Kier molecular flexibility index (Phi) is 5.87. The molecule has 4 heteroatoms. The van der Waals surface area contributed by atoms with E-state index < -0.39 is 5.54 Å². The normalized spacial score (nSPS) is 15.7. The molecule has 4 nitrogen and oxygen atoms in total. The van der Waals surface area contributed by atoms with E-state index in [1.807, 2.05) is 39.0 Å². The van der Waals surface area contributed by atoms with Gasteiger partial charge in [-0.15, -0.1) is 0 Å². The van der Waals surface area contributed by atoms with Crippen molar-refractivity contribution >= 4 is 11.7 Å². The molecule has 1 saturated carbocycles. The van der Waals surface area contributed by atoms with E-state index in [1.165, 1.54) is 0 Å². The zero-order valence-electron chi connectivity index (χ0n) is 17.2. The summed E-state index contributed by atoms with van der Waals surface area (Å²) in [6, 6.07) is 11.3. The molecule has 3 rings (SSSR count). The third-order valence-electron chi connectivity index (χ3n) is 5.73. The highest BCUT2D eigenvalue weighted by Gasteiger charge is 2.41. The number of carbonyl (C=O) groups is 2. The maximum Gasteiger partial charge on any atom is 0.252 e. The van der Waals surface area contributed by atoms with Crippen LogP contribution in [0.1, 0.15) is 69.5 Å². The van der Waals surface area contributed by atoms with E-state index in [-0.39, 0.29) is 11.7 Å². The van der Waals surface area contributed by atoms with Crippen LogP contribution in [0.2, 0.25) is 0 Å². The molecule has 1 N–H and O–H groups in total. The molecular weight excluding hydrogens is 350 g/mol. The highest BCUT2D eigenvalue weighted by molar-refractivity contribution is 6.07. The number of benzene rings is 2. The van der Waals surface area contributed by atoms with E-state index in [0.717, 1.165) is 36.0 Å². The van der Waals surface area contributed by atoms with Crippen LogP contribution in [0.5, 0.6) is 5.75 Å². The molecule has 0 aliphatic heterocycles. The van der Waals surface area contributed by atoms with Gasteiger partial charge in [0.15, 0.2) is 5.78 Å². The van der Waals surface area contributed by atoms with Gasteiger partial charge in [-0.05, 0) is 57.9 Å². The lowest BCUT2D eigenvalue weighted by Gasteiger charge is -2.37. The van der Waals surface area contributed by atoms with E-state index in [9.17, 15) is 9.59 Å². The average Bonchev–Trinajstić information content (AvgIpc) is 2.67. The van der Waals surface area contributed by atoms with Gasteiger partial charge in [-0.1, -0.05) is 42.5 Å². The Labute approximate surface area is 167 Å². The number of ether oxygens (including phenoxy) is 1. The summed E-state index contributed by atoms with van der Waals surface area (Å²) in [4.78, 5) is 26.7. The SMILES string of the molecule is COc1cccc(C(=O)NC2(C(=O)c3cc(C)cc(C)c3)CCCCC2)c1C. The van der Waals surface area contributed by atoms with Crippen LogP contribution in [0.15, 0.2) is 36.4 Å². The Morgan fingerprint density at radius 3 is 2.21 bits per heavy atom. The lowest BCUT2D eigenvalue weighted by Crippen LogP contribution is -2.55. The molecule has 1 fully saturated rings. The Morgan fingerprint density at radius 1 is 0.964 bits per heavy atom. The van der Waals surface area contributed by atoms with Crippen molar-refractivity contribution in [1.29, 1.82) is 0 Å². The van der Waals surface area contributed by atoms with Gasteiger partial charge >= 0.3 is 0 Å². The second-order valence-corrected chi connectivity index (χ2v) is 7.94. The lowest BCUT2D eigenvalue weighted by molar-refractivity contribution is 0.0713. The van der Waals surface area contributed by atoms with Crippen molar-refractivity contribution in [3.05, 3.63) is 64.2 Å². The van der Waals surface area contributed by atoms with Crippen molar-refractivity contribution in [3.63, 3.8) is 0 Å². The minimum atomic E-state index is -0.842. The fourth-order valence-electron chi connectivity index (χ4n) is 4.31. The summed E-state index contributed by atoms with van der Waals surface area (Å²) in [6.07, 6.45) is 4.32. The van der Waals surface area contributed by atoms with Gasteiger partial charge in [-0.3, -0.25) is 9.59 Å². The van der Waals surface area contributed by atoms with Gasteiger partial charge in [0.05, 0.1) is 7.11 Å². The standard InChI is InChI=1S/C24H29NO3/c1-16-13-17(2)15-19(14-16)22(26)24(11-6-5-7-12-24)25-23(27)20-9-8-10-21(28-4)18(20)3/h8-10,13-15H,5-7,11-12H2,1-4H3,(H,25,27). The number of carbonyl (C=O) groups excluding carboxylic acids is 2. The monoisotopic (exact) mass is 379 g/mol. The van der Waals surface area contributed by atoms with Crippen LogP contribution in [0.3, 0.4) is 0 Å². The fraction of sp³-hybridized carbons (Fsp3) is 0.417. The second-order valence-electron chi connectivity index (χ2n) is 7.94. The second kappa shape index (κ2) is 8.17. The molecule has 1 aliphatic carbocycles. The smallest absolute Gasteiger partial charge is 0.252 e. The Balaban J connectivity index is 1.96. The zero-order chi connectivity index (χ0) is 20.3. The van der Waals surface area contributed by atoms with Crippen LogP contribution in [-0.4, -0.2) is 24.3 Å². The zero-order valence-corrected chi connectivity index (χ0v) is 17.2. The number of aryl methyl sites for hydroxylation is 2. The number of Topliss-reactive ketones (excluding diaryl/α,β-unsaturated/α-hetero) is 1. The van der Waals surface area contributed by atoms with Crippen LogP contribution in [0, 0.1) is 20.8 Å². The maximum atomic E-state index is 13.6. The third-order valence-corrected chi connectivity index (χ3v) is 5.73. The van der Waals surface area contributed by atoms with Gasteiger partial charge in [0.2, 0.25) is 0 Å². The first-order valence-electron chi connectivity index (χ1n) is 9.95. The van der Waals surface area contributed by atoms with E-state index in [1.54, 1.807) is 19.2 Å². The quantitative estimate of drug-likeness (QED) is 0.749. The highest BCUT2D eigenvalue weighted by atomic mass is 16.5. The summed E-state index contributed by atoms with van der Waals surface area (Å²) in [5.41, 5.74) is 3.30. The Hall–Kier alpha value is -2.62. The number of ketones is 1. The van der Waals surface area contributed by atoms with E-state index in [0.29, 0.717) is 29.7 Å². The summed E-state index contributed by atoms with van der Waals surface area (Å²) < 4.78 is 5.35. The minimum Gasteiger partial charge on any atom is -0.496 e. The molecule has 0 aromatic heterocycles. The predicted octanol–water partition coefficient (Wildman–Crippen LogP) is 4.94. The number of hydrogen-bond donors (Lipinski definition) is 1. The van der Waals surface area contributed by atoms with Crippen LogP contribution < -0.4 is 10.1 Å². The van der Waals surface area contributed by atoms with E-state index >= 15 is 0 Å². The van der Waals surface area contributed by atoms with Crippen molar-refractivity contribution < 1.29 is 14.3 Å². The molecule has 0 heterocycles. The van der Waals surface area contributed by atoms with Crippen LogP contribution in [-0.2, 0) is 0 Å². The number of amides is 1. The fourth-order valence-corrected chi connectivity index (χ4v) is 4.31. The first-order chi connectivity index (χ1) is 13.4. The number of hydrogen-bond acceptors (Lipinski definition) is 3. The summed E-state index contributed by atoms with van der Waals surface area (Å²) in [5, 5.41) is 3.13. The first kappa shape index (κ1) is 20.1. The van der Waals surface area contributed by atoms with Gasteiger partial charge in [-0.25, -0.2) is 0 Å². The number of nitrogens with one attached hydrogen (secondary N) is 1. The van der Waals surface area contributed by atoms with Gasteiger partial charge in [0, 0.05) is 16.7 Å². The topological polar surface area (TPSA) is 55.4 Å². The molecule has 28 heavy (non-hydrogen) atoms. The number of methoxy groups -OCH3 is 1. The molecule has 2 aromatic carbocycles. The van der Waals surface area contributed by atoms with Crippen molar-refractivity contribution in [1.82, 2.24) is 5.32 Å². The molecule has 148 valence electrons. The molecule has 0 unspecified atom stereocenters. The van der Waals surface area contributed by atoms with Crippen molar-refractivity contribution in [2.75, 3.05) is 7.11 Å². The maximum absolute atomic E-state index is 13.6. The van der Waals surface area contributed by atoms with Crippen LogP contribution in [0.4, 0.5) is 0 Å². The lowest BCUT2D eigenvalue weighted by atomic mass is 9.76. The summed E-state index contributed by atoms with van der Waals surface area (Å²) in [6.45, 7) is 5.86. The molecule has 0 radical (unpaired) electrons. The predicted molar refractivity (Wildman–Crippen MR) is 111 cm³/mol. The van der Waals surface area contributed by atoms with Gasteiger partial charge in [0.1, 0.15) is 11.3 Å². The van der Waals surface area contributed by atoms with Crippen molar-refractivity contribution in [3.8, 4) is 5.75 Å². The van der Waals surface area contributed by atoms with Gasteiger partial charge < -0.3 is 10.1 Å². The molecule has 0 bridgehead atoms. The minimum absolute atomic E-state index is 0.0212. The first-order valence-corrected chi connectivity index (χ1v) is 9.95. The average molecular weight is 380 g/mol. The molecular formula is C24H29NO3. The van der Waals surface area contributed by atoms with E-state index in [2.05, 4.69) is 11.4 Å². The third kappa shape index (κ3) is 3.96. The van der Waals surface area contributed by atoms with Crippen molar-refractivity contribution in [2.45, 2.75) is 58.4 Å². The Morgan fingerprint density at radius 2 is 1.61 bits per heavy atom. The number of rotatable bonds is 5. The molecule has 0 spiro atoms. The molecule has 1 aliphatic rings.